The molecule has 0 fully saturated rings. The second-order valence-corrected chi connectivity index (χ2v) is 3.83. The van der Waals surface area contributed by atoms with Gasteiger partial charge >= 0.3 is 0 Å². The summed E-state index contributed by atoms with van der Waals surface area (Å²) in [6, 6.07) is 3.00. The van der Waals surface area contributed by atoms with Crippen LogP contribution in [0.25, 0.3) is 0 Å². The third-order valence-corrected chi connectivity index (χ3v) is 2.24. The van der Waals surface area contributed by atoms with Crippen molar-refractivity contribution in [1.82, 2.24) is 0 Å². The smallest absolute Gasteiger partial charge is 0.194 e. The van der Waals surface area contributed by atoms with Gasteiger partial charge in [0.2, 0.25) is 0 Å². The summed E-state index contributed by atoms with van der Waals surface area (Å²) < 4.78 is 25.7. The van der Waals surface area contributed by atoms with Crippen molar-refractivity contribution in [2.75, 3.05) is 0 Å². The van der Waals surface area contributed by atoms with Crippen molar-refractivity contribution in [2.45, 2.75) is 19.8 Å². The maximum absolute atomic E-state index is 12.8. The van der Waals surface area contributed by atoms with Crippen LogP contribution in [0, 0.1) is 11.6 Å². The molecule has 0 radical (unpaired) electrons. The van der Waals surface area contributed by atoms with E-state index in [4.69, 9.17) is 5.11 Å². The number of aliphatic hydroxyl groups excluding tert-OH is 1. The van der Waals surface area contributed by atoms with Gasteiger partial charge in [-0.15, -0.1) is 0 Å². The van der Waals surface area contributed by atoms with E-state index in [0.717, 1.165) is 31.2 Å². The largest absolute Gasteiger partial charge is 0.504 e. The lowest BCUT2D eigenvalue weighted by atomic mass is 10.1. The molecule has 1 N–H and O–H groups in total. The summed E-state index contributed by atoms with van der Waals surface area (Å²) in [4.78, 5) is 22.0. The minimum atomic E-state index is -0.709. The number of allylic oxidation sites excluding steroid dienone is 2. The Labute approximate surface area is 103 Å². The normalized spacial score (nSPS) is 11.4. The van der Waals surface area contributed by atoms with Crippen molar-refractivity contribution in [1.29, 1.82) is 0 Å². The average Bonchev–Trinajstić information content (AvgIpc) is 2.25. The zero-order valence-electron chi connectivity index (χ0n) is 9.74. The molecule has 0 aliphatic heterocycles. The third-order valence-electron chi connectivity index (χ3n) is 2.24. The predicted octanol–water partition coefficient (Wildman–Crippen LogP) is 2.50. The van der Waals surface area contributed by atoms with Crippen LogP contribution < -0.4 is 0 Å². The molecule has 0 saturated carbocycles. The highest BCUT2D eigenvalue weighted by Gasteiger charge is 2.06. The number of carbonyl (C=O) groups is 2. The Hall–Kier alpha value is -2.04. The number of Topliss-reactive ketones (excluding diaryl/α,β-unsaturated/α-hetero) is 1. The first-order chi connectivity index (χ1) is 8.38. The molecular formula is C13H12F2O3. The van der Waals surface area contributed by atoms with Crippen molar-refractivity contribution in [3.8, 4) is 0 Å². The van der Waals surface area contributed by atoms with E-state index >= 15 is 0 Å². The van der Waals surface area contributed by atoms with Gasteiger partial charge in [0.05, 0.1) is 0 Å². The molecule has 0 bridgehead atoms. The van der Waals surface area contributed by atoms with Crippen LogP contribution in [0.1, 0.15) is 18.9 Å². The summed E-state index contributed by atoms with van der Waals surface area (Å²) in [5, 5.41) is 9.05. The summed E-state index contributed by atoms with van der Waals surface area (Å²) in [7, 11) is 0. The van der Waals surface area contributed by atoms with E-state index in [1.807, 2.05) is 0 Å². The molecule has 0 saturated heterocycles. The van der Waals surface area contributed by atoms with Gasteiger partial charge in [-0.25, -0.2) is 8.78 Å². The topological polar surface area (TPSA) is 54.4 Å². The van der Waals surface area contributed by atoms with Gasteiger partial charge in [0.15, 0.2) is 17.3 Å². The molecule has 1 rings (SSSR count). The number of halogens is 2. The van der Waals surface area contributed by atoms with Crippen LogP contribution in [0.5, 0.6) is 0 Å². The Balaban J connectivity index is 2.63. The van der Waals surface area contributed by atoms with Crippen LogP contribution in [0.15, 0.2) is 30.0 Å². The van der Waals surface area contributed by atoms with Crippen molar-refractivity contribution in [3.05, 3.63) is 47.2 Å². The molecule has 0 aliphatic rings. The van der Waals surface area contributed by atoms with Crippen molar-refractivity contribution in [3.63, 3.8) is 0 Å². The van der Waals surface area contributed by atoms with Crippen LogP contribution in [0.2, 0.25) is 0 Å². The van der Waals surface area contributed by atoms with Gasteiger partial charge in [-0.2, -0.15) is 0 Å². The quantitative estimate of drug-likeness (QED) is 0.648. The number of hydrogen-bond donors (Lipinski definition) is 1. The molecule has 0 aliphatic carbocycles. The Bertz CT molecular complexity index is 487. The van der Waals surface area contributed by atoms with E-state index in [0.29, 0.717) is 5.56 Å². The van der Waals surface area contributed by atoms with Gasteiger partial charge in [-0.3, -0.25) is 9.59 Å². The summed E-state index contributed by atoms with van der Waals surface area (Å²) in [5.41, 5.74) is 0.344. The molecule has 0 unspecified atom stereocenters. The second-order valence-electron chi connectivity index (χ2n) is 3.83. The minimum Gasteiger partial charge on any atom is -0.504 e. The summed E-state index contributed by atoms with van der Waals surface area (Å²) >= 11 is 0. The number of carbonyl (C=O) groups excluding carboxylic acids is 2. The van der Waals surface area contributed by atoms with Crippen LogP contribution in [0.4, 0.5) is 8.78 Å². The molecule has 18 heavy (non-hydrogen) atoms. The van der Waals surface area contributed by atoms with E-state index < -0.39 is 29.0 Å². The first kappa shape index (κ1) is 14.0. The molecule has 0 spiro atoms. The van der Waals surface area contributed by atoms with Gasteiger partial charge < -0.3 is 5.11 Å². The van der Waals surface area contributed by atoms with Gasteiger partial charge in [-0.05, 0) is 24.1 Å². The fourth-order valence-corrected chi connectivity index (χ4v) is 1.35. The zero-order chi connectivity index (χ0) is 13.7. The van der Waals surface area contributed by atoms with E-state index in [1.165, 1.54) is 0 Å². The lowest BCUT2D eigenvalue weighted by Gasteiger charge is -2.00. The number of aryl methyl sites for hydroxylation is 1. The number of benzene rings is 1. The fraction of sp³-hybridized carbons (Fsp3) is 0.231. The van der Waals surface area contributed by atoms with Crippen LogP contribution in [-0.4, -0.2) is 16.7 Å². The highest BCUT2D eigenvalue weighted by Crippen LogP contribution is 2.10. The molecule has 0 heterocycles. The van der Waals surface area contributed by atoms with E-state index in [-0.39, 0.29) is 12.8 Å². The molecule has 5 heteroatoms. The summed E-state index contributed by atoms with van der Waals surface area (Å²) in [6.45, 7) is 1.13. The van der Waals surface area contributed by atoms with Gasteiger partial charge in [0.25, 0.3) is 0 Å². The molecule has 0 atom stereocenters. The molecule has 1 aromatic carbocycles. The molecular weight excluding hydrogens is 242 g/mol. The average molecular weight is 254 g/mol. The summed E-state index contributed by atoms with van der Waals surface area (Å²) in [5.74, 6) is -3.13. The fourth-order valence-electron chi connectivity index (χ4n) is 1.35. The lowest BCUT2D eigenvalue weighted by Crippen LogP contribution is -2.02. The van der Waals surface area contributed by atoms with Crippen molar-refractivity contribution < 1.29 is 23.5 Å². The second kappa shape index (κ2) is 6.05. The Kier molecular flexibility index (Phi) is 4.71. The number of ketones is 2. The van der Waals surface area contributed by atoms with Crippen LogP contribution in [0.3, 0.4) is 0 Å². The van der Waals surface area contributed by atoms with Gasteiger partial charge in [0, 0.05) is 25.5 Å². The zero-order valence-corrected chi connectivity index (χ0v) is 9.74. The summed E-state index contributed by atoms with van der Waals surface area (Å²) in [6.07, 6.45) is 0.910. The lowest BCUT2D eigenvalue weighted by molar-refractivity contribution is -0.118. The predicted molar refractivity (Wildman–Crippen MR) is 61.1 cm³/mol. The highest BCUT2D eigenvalue weighted by molar-refractivity contribution is 5.99. The Morgan fingerprint density at radius 1 is 1.22 bits per heavy atom. The maximum atomic E-state index is 12.8. The maximum Gasteiger partial charge on any atom is 0.194 e. The van der Waals surface area contributed by atoms with Gasteiger partial charge in [-0.1, -0.05) is 0 Å². The monoisotopic (exact) mass is 254 g/mol. The van der Waals surface area contributed by atoms with E-state index in [9.17, 15) is 18.4 Å². The molecule has 1 aromatic rings. The van der Waals surface area contributed by atoms with Crippen LogP contribution >= 0.6 is 0 Å². The van der Waals surface area contributed by atoms with E-state index in [1.54, 1.807) is 0 Å². The number of aliphatic hydroxyl groups is 1. The molecule has 0 amide bonds. The minimum absolute atomic E-state index is 0.0414. The standard InChI is InChI=1S/C13H12F2O3/c1-8(16)13(18)7-12(17)3-2-9-4-10(14)6-11(15)5-9/h4-7,18H,2-3H2,1H3/b13-7-. The van der Waals surface area contributed by atoms with E-state index in [2.05, 4.69) is 0 Å². The number of rotatable bonds is 5. The number of hydrogen-bond acceptors (Lipinski definition) is 3. The first-order valence-corrected chi connectivity index (χ1v) is 5.28. The molecule has 96 valence electrons. The highest BCUT2D eigenvalue weighted by atomic mass is 19.1. The van der Waals surface area contributed by atoms with Gasteiger partial charge in [0.1, 0.15) is 11.6 Å². The van der Waals surface area contributed by atoms with Crippen molar-refractivity contribution >= 4 is 11.6 Å². The SMILES string of the molecule is CC(=O)/C(O)=C/C(=O)CCc1cc(F)cc(F)c1. The molecule has 0 aromatic heterocycles. The first-order valence-electron chi connectivity index (χ1n) is 5.28. The van der Waals surface area contributed by atoms with Crippen LogP contribution in [-0.2, 0) is 16.0 Å². The molecule has 3 nitrogen and oxygen atoms in total. The third kappa shape index (κ3) is 4.45. The Morgan fingerprint density at radius 2 is 1.78 bits per heavy atom. The Morgan fingerprint density at radius 3 is 2.28 bits per heavy atom. The van der Waals surface area contributed by atoms with Crippen molar-refractivity contribution in [2.24, 2.45) is 0 Å².